The van der Waals surface area contributed by atoms with Crippen molar-refractivity contribution in [3.63, 3.8) is 0 Å². The number of carbonyl (C=O) groups is 1. The van der Waals surface area contributed by atoms with Crippen LogP contribution >= 0.6 is 0 Å². The Balaban J connectivity index is 1.62. The third-order valence-electron chi connectivity index (χ3n) is 4.76. The fraction of sp³-hybridized carbons (Fsp3) is 0.304. The molecule has 1 atom stereocenters. The van der Waals surface area contributed by atoms with E-state index < -0.39 is 0 Å². The van der Waals surface area contributed by atoms with Crippen molar-refractivity contribution in [2.24, 2.45) is 0 Å². The minimum absolute atomic E-state index is 0.0443. The second kappa shape index (κ2) is 7.78. The quantitative estimate of drug-likeness (QED) is 0.715. The van der Waals surface area contributed by atoms with Crippen LogP contribution in [0.1, 0.15) is 60.8 Å². The number of imidazole rings is 1. The van der Waals surface area contributed by atoms with Crippen LogP contribution in [0.5, 0.6) is 0 Å². The summed E-state index contributed by atoms with van der Waals surface area (Å²) >= 11 is 0. The van der Waals surface area contributed by atoms with Gasteiger partial charge in [0.25, 0.3) is 5.91 Å². The Bertz CT molecular complexity index is 873. The summed E-state index contributed by atoms with van der Waals surface area (Å²) in [7, 11) is 0. The van der Waals surface area contributed by atoms with Gasteiger partial charge in [-0.15, -0.1) is 0 Å². The van der Waals surface area contributed by atoms with Crippen LogP contribution < -0.4 is 5.32 Å². The summed E-state index contributed by atoms with van der Waals surface area (Å²) in [5, 5.41) is 3.08. The fourth-order valence-corrected chi connectivity index (χ4v) is 2.99. The molecule has 0 saturated carbocycles. The normalized spacial score (nSPS) is 12.6. The number of hydrogen-bond donors (Lipinski definition) is 1. The second-order valence-corrected chi connectivity index (χ2v) is 8.00. The van der Waals surface area contributed by atoms with E-state index in [1.54, 1.807) is 12.5 Å². The van der Waals surface area contributed by atoms with Crippen molar-refractivity contribution in [1.82, 2.24) is 14.9 Å². The molecule has 0 saturated heterocycles. The van der Waals surface area contributed by atoms with Crippen molar-refractivity contribution in [2.75, 3.05) is 0 Å². The maximum atomic E-state index is 12.6. The highest BCUT2D eigenvalue weighted by molar-refractivity contribution is 5.94. The lowest BCUT2D eigenvalue weighted by atomic mass is 9.86. The molecule has 1 heterocycles. The molecule has 2 aromatic carbocycles. The molecule has 0 spiro atoms. The van der Waals surface area contributed by atoms with Crippen LogP contribution in [0.25, 0.3) is 0 Å². The van der Waals surface area contributed by atoms with E-state index in [1.165, 1.54) is 5.56 Å². The molecule has 0 bridgehead atoms. The number of rotatable bonds is 5. The van der Waals surface area contributed by atoms with Gasteiger partial charge in [-0.05, 0) is 41.2 Å². The molecule has 0 aliphatic carbocycles. The Morgan fingerprint density at radius 1 is 1.07 bits per heavy atom. The first-order valence-corrected chi connectivity index (χ1v) is 9.29. The van der Waals surface area contributed by atoms with E-state index in [0.717, 1.165) is 17.7 Å². The lowest BCUT2D eigenvalue weighted by Gasteiger charge is -2.20. The van der Waals surface area contributed by atoms with Crippen molar-refractivity contribution in [2.45, 2.75) is 45.7 Å². The predicted octanol–water partition coefficient (Wildman–Crippen LogP) is 4.72. The summed E-state index contributed by atoms with van der Waals surface area (Å²) in [6.07, 6.45) is 5.47. The average molecular weight is 361 g/mol. The van der Waals surface area contributed by atoms with Gasteiger partial charge in [0.15, 0.2) is 0 Å². The van der Waals surface area contributed by atoms with E-state index in [0.29, 0.717) is 5.56 Å². The van der Waals surface area contributed by atoms with Crippen molar-refractivity contribution < 1.29 is 4.79 Å². The minimum Gasteiger partial charge on any atom is -0.346 e. The van der Waals surface area contributed by atoms with Crippen molar-refractivity contribution >= 4 is 5.91 Å². The van der Waals surface area contributed by atoms with Crippen molar-refractivity contribution in [3.05, 3.63) is 89.5 Å². The molecular weight excluding hydrogens is 334 g/mol. The van der Waals surface area contributed by atoms with Crippen LogP contribution in [0, 0.1) is 0 Å². The Morgan fingerprint density at radius 2 is 1.74 bits per heavy atom. The third-order valence-corrected chi connectivity index (χ3v) is 4.76. The first kappa shape index (κ1) is 18.9. The van der Waals surface area contributed by atoms with Crippen molar-refractivity contribution in [3.8, 4) is 0 Å². The van der Waals surface area contributed by atoms with Crippen LogP contribution in [-0.2, 0) is 12.0 Å². The van der Waals surface area contributed by atoms with Gasteiger partial charge >= 0.3 is 0 Å². The zero-order valence-electron chi connectivity index (χ0n) is 16.4. The maximum Gasteiger partial charge on any atom is 0.251 e. The van der Waals surface area contributed by atoms with E-state index in [1.807, 2.05) is 42.0 Å². The summed E-state index contributed by atoms with van der Waals surface area (Å²) in [5.74, 6) is -0.0587. The number of hydrogen-bond acceptors (Lipinski definition) is 2. The number of nitrogens with one attached hydrogen (secondary N) is 1. The van der Waals surface area contributed by atoms with Crippen LogP contribution in [0.4, 0.5) is 0 Å². The molecule has 0 aliphatic heterocycles. The molecule has 140 valence electrons. The Hall–Kier alpha value is -2.88. The summed E-state index contributed by atoms with van der Waals surface area (Å²) in [4.78, 5) is 16.6. The van der Waals surface area contributed by atoms with Gasteiger partial charge in [-0.3, -0.25) is 4.79 Å². The molecule has 0 radical (unpaired) electrons. The molecule has 0 aliphatic rings. The summed E-state index contributed by atoms with van der Waals surface area (Å²) < 4.78 is 2.00. The van der Waals surface area contributed by atoms with Crippen LogP contribution in [-0.4, -0.2) is 15.5 Å². The molecule has 1 amide bonds. The van der Waals surface area contributed by atoms with E-state index in [-0.39, 0.29) is 17.4 Å². The second-order valence-electron chi connectivity index (χ2n) is 8.00. The average Bonchev–Trinajstić information content (AvgIpc) is 3.14. The molecule has 1 N–H and O–H groups in total. The minimum atomic E-state index is -0.0587. The van der Waals surface area contributed by atoms with E-state index in [4.69, 9.17) is 0 Å². The summed E-state index contributed by atoms with van der Waals surface area (Å²) in [5.41, 5.74) is 4.33. The zero-order valence-corrected chi connectivity index (χ0v) is 16.4. The van der Waals surface area contributed by atoms with Crippen LogP contribution in [0.2, 0.25) is 0 Å². The number of nitrogens with zero attached hydrogens (tertiary/aromatic N) is 2. The highest BCUT2D eigenvalue weighted by Gasteiger charge is 2.15. The standard InChI is InChI=1S/C23H27N3O/c1-17(19-9-11-21(12-10-19)23(2,3)4)25-22(27)20-7-5-18(6-8-20)15-26-14-13-24-16-26/h5-14,16-17H,15H2,1-4H3,(H,25,27). The molecule has 27 heavy (non-hydrogen) atoms. The van der Waals surface area contributed by atoms with E-state index in [9.17, 15) is 4.79 Å². The zero-order chi connectivity index (χ0) is 19.4. The molecule has 3 aromatic rings. The highest BCUT2D eigenvalue weighted by Crippen LogP contribution is 2.24. The number of benzene rings is 2. The number of aromatic nitrogens is 2. The van der Waals surface area contributed by atoms with E-state index >= 15 is 0 Å². The molecular formula is C23H27N3O. The number of amides is 1. The fourth-order valence-electron chi connectivity index (χ4n) is 2.99. The lowest BCUT2D eigenvalue weighted by molar-refractivity contribution is 0.0940. The first-order chi connectivity index (χ1) is 12.8. The SMILES string of the molecule is CC(NC(=O)c1ccc(Cn2ccnc2)cc1)c1ccc(C(C)(C)C)cc1. The Kier molecular flexibility index (Phi) is 5.45. The topological polar surface area (TPSA) is 46.9 Å². The summed E-state index contributed by atoms with van der Waals surface area (Å²) in [6, 6.07) is 16.1. The number of carbonyl (C=O) groups excluding carboxylic acids is 1. The monoisotopic (exact) mass is 361 g/mol. The van der Waals surface area contributed by atoms with Gasteiger partial charge in [0.05, 0.1) is 12.4 Å². The van der Waals surface area contributed by atoms with Gasteiger partial charge in [0, 0.05) is 24.5 Å². The largest absolute Gasteiger partial charge is 0.346 e. The third kappa shape index (κ3) is 4.85. The highest BCUT2D eigenvalue weighted by atomic mass is 16.1. The smallest absolute Gasteiger partial charge is 0.251 e. The lowest BCUT2D eigenvalue weighted by Crippen LogP contribution is -2.26. The molecule has 4 nitrogen and oxygen atoms in total. The molecule has 1 unspecified atom stereocenters. The molecule has 1 aromatic heterocycles. The van der Waals surface area contributed by atoms with Gasteiger partial charge < -0.3 is 9.88 Å². The van der Waals surface area contributed by atoms with Gasteiger partial charge in [-0.2, -0.15) is 0 Å². The van der Waals surface area contributed by atoms with Crippen molar-refractivity contribution in [1.29, 1.82) is 0 Å². The Labute approximate surface area is 161 Å². The van der Waals surface area contributed by atoms with Crippen LogP contribution in [0.15, 0.2) is 67.3 Å². The molecule has 0 fully saturated rings. The van der Waals surface area contributed by atoms with Crippen LogP contribution in [0.3, 0.4) is 0 Å². The molecule has 4 heteroatoms. The Morgan fingerprint density at radius 3 is 2.30 bits per heavy atom. The van der Waals surface area contributed by atoms with Gasteiger partial charge in [0.2, 0.25) is 0 Å². The van der Waals surface area contributed by atoms with Gasteiger partial charge in [-0.1, -0.05) is 57.2 Å². The summed E-state index contributed by atoms with van der Waals surface area (Å²) in [6.45, 7) is 9.35. The maximum absolute atomic E-state index is 12.6. The molecule has 3 rings (SSSR count). The van der Waals surface area contributed by atoms with Gasteiger partial charge in [-0.25, -0.2) is 4.98 Å². The predicted molar refractivity (Wildman–Crippen MR) is 109 cm³/mol. The van der Waals surface area contributed by atoms with Gasteiger partial charge in [0.1, 0.15) is 0 Å². The first-order valence-electron chi connectivity index (χ1n) is 9.29. The van der Waals surface area contributed by atoms with E-state index in [2.05, 4.69) is 55.3 Å².